The highest BCUT2D eigenvalue weighted by Gasteiger charge is 2.96. The van der Waals surface area contributed by atoms with Crippen LogP contribution in [0.15, 0.2) is 0 Å². The van der Waals surface area contributed by atoms with Gasteiger partial charge in [-0.05, 0) is 12.1 Å². The van der Waals surface area contributed by atoms with Crippen LogP contribution in [0.2, 0.25) is 12.1 Å². The standard InChI is InChI=1S/C20H11F34NSi/c21-5(22,7(25,26)9(29,30)11(33,34)13(37,38)15(41,42)17(45,46)19(49,50)51)1-3-56(55)4-2-6(23,24)8(27,28)10(31,32)12(35,36)14(39,40)16(43,44)18(47,48)20(52,53)54/h56H,1-4,55H2. The first-order valence-corrected chi connectivity index (χ1v) is 15.1. The van der Waals surface area contributed by atoms with Crippen LogP contribution in [0.1, 0.15) is 12.8 Å². The van der Waals surface area contributed by atoms with Gasteiger partial charge in [0.15, 0.2) is 0 Å². The van der Waals surface area contributed by atoms with Gasteiger partial charge in [0, 0.05) is 12.8 Å². The van der Waals surface area contributed by atoms with E-state index in [9.17, 15) is 149 Å². The number of nitrogens with two attached hydrogens (primary N) is 1. The molecule has 0 saturated carbocycles. The Morgan fingerprint density at radius 2 is 0.375 bits per heavy atom. The molecule has 2 N–H and O–H groups in total. The summed E-state index contributed by atoms with van der Waals surface area (Å²) in [7, 11) is -4.92. The van der Waals surface area contributed by atoms with Crippen LogP contribution >= 0.6 is 0 Å². The number of hydrogen-bond acceptors (Lipinski definition) is 1. The fraction of sp³-hybridized carbons (Fsp3) is 1.00. The molecule has 0 spiro atoms. The molecule has 0 aromatic heterocycles. The topological polar surface area (TPSA) is 26.0 Å². The lowest BCUT2D eigenvalue weighted by Gasteiger charge is -2.43. The normalized spacial score (nSPS) is 16.9. The molecule has 0 rings (SSSR count). The van der Waals surface area contributed by atoms with E-state index in [1.54, 1.807) is 0 Å². The van der Waals surface area contributed by atoms with Crippen LogP contribution in [0.4, 0.5) is 149 Å². The van der Waals surface area contributed by atoms with E-state index in [1.165, 1.54) is 0 Å². The molecule has 0 fully saturated rings. The predicted molar refractivity (Wildman–Crippen MR) is 112 cm³/mol. The van der Waals surface area contributed by atoms with Gasteiger partial charge in [0.2, 0.25) is 0 Å². The van der Waals surface area contributed by atoms with Crippen molar-refractivity contribution in [3.63, 3.8) is 0 Å². The van der Waals surface area contributed by atoms with Crippen molar-refractivity contribution in [3.8, 4) is 0 Å². The first-order chi connectivity index (χ1) is 23.6. The minimum atomic E-state index is -9.09. The quantitative estimate of drug-likeness (QED) is 0.108. The first kappa shape index (κ1) is 53.8. The van der Waals surface area contributed by atoms with Crippen LogP contribution < -0.4 is 5.40 Å². The SMILES string of the molecule is N[SiH](CCC(F)(F)C(F)(F)C(F)(F)C(F)(F)C(F)(F)C(F)(F)C(F)(F)C(F)(F)F)CCC(F)(F)C(F)(F)C(F)(F)C(F)(F)C(F)(F)C(F)(F)C(F)(F)C(F)(F)F. The predicted octanol–water partition coefficient (Wildman–Crippen LogP) is 11.5. The summed E-state index contributed by atoms with van der Waals surface area (Å²) < 4.78 is 452. The zero-order valence-corrected chi connectivity index (χ0v) is 26.0. The highest BCUT2D eigenvalue weighted by atomic mass is 28.3. The summed E-state index contributed by atoms with van der Waals surface area (Å²) in [5, 5.41) is 4.69. The number of hydrogen-bond donors (Lipinski definition) is 1. The van der Waals surface area contributed by atoms with E-state index in [1.807, 2.05) is 0 Å². The summed E-state index contributed by atoms with van der Waals surface area (Å²) in [6, 6.07) is -5.07. The molecule has 0 aliphatic carbocycles. The van der Waals surface area contributed by atoms with E-state index in [-0.39, 0.29) is 0 Å². The van der Waals surface area contributed by atoms with Gasteiger partial charge in [0.05, 0.1) is 0 Å². The molecule has 0 atom stereocenters. The molecule has 0 aromatic rings. The fourth-order valence-corrected chi connectivity index (χ4v) is 5.34. The molecule has 0 saturated heterocycles. The average Bonchev–Trinajstić information content (AvgIpc) is 2.96. The molecule has 0 aliphatic heterocycles. The summed E-state index contributed by atoms with van der Waals surface area (Å²) >= 11 is 0. The van der Waals surface area contributed by atoms with E-state index in [2.05, 4.69) is 5.40 Å². The number of alkyl halides is 34. The van der Waals surface area contributed by atoms with Crippen LogP contribution in [0, 0.1) is 0 Å². The Labute approximate surface area is 285 Å². The Morgan fingerprint density at radius 1 is 0.232 bits per heavy atom. The van der Waals surface area contributed by atoms with Crippen molar-refractivity contribution < 1.29 is 149 Å². The van der Waals surface area contributed by atoms with E-state index in [0.717, 1.165) is 0 Å². The van der Waals surface area contributed by atoms with Gasteiger partial charge in [-0.1, -0.05) is 0 Å². The van der Waals surface area contributed by atoms with Crippen LogP contribution in [0.3, 0.4) is 0 Å². The first-order valence-electron chi connectivity index (χ1n) is 12.8. The molecule has 56 heavy (non-hydrogen) atoms. The van der Waals surface area contributed by atoms with Crippen molar-refractivity contribution in [2.45, 2.75) is 120 Å². The maximum atomic E-state index is 13.9. The Bertz CT molecular complexity index is 1270. The van der Waals surface area contributed by atoms with Crippen molar-refractivity contribution in [1.29, 1.82) is 0 Å². The second-order valence-electron chi connectivity index (χ2n) is 11.1. The molecule has 0 heterocycles. The van der Waals surface area contributed by atoms with E-state index < -0.39 is 129 Å². The highest BCUT2D eigenvalue weighted by molar-refractivity contribution is 6.55. The van der Waals surface area contributed by atoms with Gasteiger partial charge in [-0.25, -0.2) is 0 Å². The third kappa shape index (κ3) is 7.25. The second kappa shape index (κ2) is 13.9. The minimum Gasteiger partial charge on any atom is -0.353 e. The molecule has 338 valence electrons. The van der Waals surface area contributed by atoms with Crippen LogP contribution in [0.5, 0.6) is 0 Å². The van der Waals surface area contributed by atoms with Crippen molar-refractivity contribution in [2.75, 3.05) is 0 Å². The molecule has 0 bridgehead atoms. The molecule has 36 heteroatoms. The van der Waals surface area contributed by atoms with Gasteiger partial charge in [0.1, 0.15) is 8.96 Å². The third-order valence-corrected chi connectivity index (χ3v) is 9.29. The second-order valence-corrected chi connectivity index (χ2v) is 13.8. The van der Waals surface area contributed by atoms with Gasteiger partial charge in [0.25, 0.3) is 0 Å². The van der Waals surface area contributed by atoms with Gasteiger partial charge in [-0.3, -0.25) is 0 Å². The average molecular weight is 939 g/mol. The summed E-state index contributed by atoms with van der Waals surface area (Å²) in [4.78, 5) is 0. The lowest BCUT2D eigenvalue weighted by atomic mass is 9.88. The summed E-state index contributed by atoms with van der Waals surface area (Å²) in [6.45, 7) is 0. The molecular formula is C20H11F34NSi. The van der Waals surface area contributed by atoms with E-state index in [4.69, 9.17) is 0 Å². The lowest BCUT2D eigenvalue weighted by Crippen LogP contribution is -2.74. The highest BCUT2D eigenvalue weighted by Crippen LogP contribution is 2.66. The maximum Gasteiger partial charge on any atom is 0.460 e. The van der Waals surface area contributed by atoms with Crippen LogP contribution in [-0.2, 0) is 0 Å². The molecule has 0 aliphatic rings. The number of halogens is 34. The number of rotatable bonds is 18. The zero-order valence-electron chi connectivity index (χ0n) is 24.8. The van der Waals surface area contributed by atoms with Gasteiger partial charge < -0.3 is 5.40 Å². The van der Waals surface area contributed by atoms with E-state index >= 15 is 0 Å². The lowest BCUT2D eigenvalue weighted by molar-refractivity contribution is -0.461. The Hall–Kier alpha value is -2.20. The van der Waals surface area contributed by atoms with Crippen LogP contribution in [0.25, 0.3) is 0 Å². The van der Waals surface area contributed by atoms with Gasteiger partial charge in [-0.2, -0.15) is 149 Å². The molecular weight excluding hydrogens is 928 g/mol. The molecule has 0 radical (unpaired) electrons. The van der Waals surface area contributed by atoms with Crippen molar-refractivity contribution in [1.82, 2.24) is 0 Å². The monoisotopic (exact) mass is 939 g/mol. The minimum absolute atomic E-state index is 2.53. The van der Waals surface area contributed by atoms with Gasteiger partial charge in [-0.15, -0.1) is 0 Å². The third-order valence-electron chi connectivity index (χ3n) is 7.23. The molecule has 1 nitrogen and oxygen atoms in total. The largest absolute Gasteiger partial charge is 0.460 e. The maximum absolute atomic E-state index is 13.9. The Balaban J connectivity index is 6.49. The zero-order chi connectivity index (χ0) is 46.4. The fourth-order valence-electron chi connectivity index (χ4n) is 3.58. The molecule has 0 unspecified atom stereocenters. The Kier molecular flexibility index (Phi) is 13.4. The van der Waals surface area contributed by atoms with Crippen LogP contribution in [-0.4, -0.2) is 104 Å². The van der Waals surface area contributed by atoms with Crippen molar-refractivity contribution >= 4 is 8.96 Å². The van der Waals surface area contributed by atoms with Crippen molar-refractivity contribution in [2.24, 2.45) is 5.40 Å². The molecule has 0 amide bonds. The Morgan fingerprint density at radius 3 is 0.536 bits per heavy atom. The smallest absolute Gasteiger partial charge is 0.353 e. The summed E-state index contributed by atoms with van der Waals surface area (Å²) in [6.07, 6.45) is -23.2. The summed E-state index contributed by atoms with van der Waals surface area (Å²) in [5.74, 6) is -120. The van der Waals surface area contributed by atoms with Crippen molar-refractivity contribution in [3.05, 3.63) is 0 Å². The van der Waals surface area contributed by atoms with Gasteiger partial charge >= 0.3 is 95.3 Å². The summed E-state index contributed by atoms with van der Waals surface area (Å²) in [5.41, 5.74) is 0. The molecule has 0 aromatic carbocycles. The van der Waals surface area contributed by atoms with E-state index in [0.29, 0.717) is 0 Å².